The maximum atomic E-state index is 3.76. The highest BCUT2D eigenvalue weighted by Crippen LogP contribution is 2.06. The third-order valence-electron chi connectivity index (χ3n) is 1.87. The number of hydrogen-bond donors (Lipinski definition) is 0. The standard InChI is InChI=1S/C9H20Si/c1-4-6-7-9-10(3)8-5-2/h5,10H,2,4,6-9H2,1,3H3. The molecule has 0 radical (unpaired) electrons. The number of hydrogen-bond acceptors (Lipinski definition) is 0. The van der Waals surface area contributed by atoms with Crippen molar-refractivity contribution in [2.24, 2.45) is 0 Å². The van der Waals surface area contributed by atoms with E-state index in [2.05, 4.69) is 26.1 Å². The van der Waals surface area contributed by atoms with Crippen molar-refractivity contribution < 1.29 is 0 Å². The molecule has 0 fully saturated rings. The number of rotatable bonds is 6. The molecule has 0 rings (SSSR count). The van der Waals surface area contributed by atoms with Crippen LogP contribution in [0.2, 0.25) is 18.6 Å². The van der Waals surface area contributed by atoms with Gasteiger partial charge >= 0.3 is 0 Å². The van der Waals surface area contributed by atoms with Crippen LogP contribution in [0.3, 0.4) is 0 Å². The highest BCUT2D eigenvalue weighted by atomic mass is 28.3. The van der Waals surface area contributed by atoms with Crippen LogP contribution in [0.25, 0.3) is 0 Å². The lowest BCUT2D eigenvalue weighted by Crippen LogP contribution is -2.03. The molecule has 0 aliphatic carbocycles. The van der Waals surface area contributed by atoms with Crippen LogP contribution in [0.4, 0.5) is 0 Å². The van der Waals surface area contributed by atoms with Crippen LogP contribution >= 0.6 is 0 Å². The van der Waals surface area contributed by atoms with Crippen LogP contribution in [-0.4, -0.2) is 8.80 Å². The van der Waals surface area contributed by atoms with E-state index in [9.17, 15) is 0 Å². The van der Waals surface area contributed by atoms with Crippen LogP contribution in [0.15, 0.2) is 12.7 Å². The Balaban J connectivity index is 3.04. The van der Waals surface area contributed by atoms with Crippen molar-refractivity contribution in [2.75, 3.05) is 0 Å². The first-order valence-electron chi connectivity index (χ1n) is 4.42. The van der Waals surface area contributed by atoms with E-state index >= 15 is 0 Å². The third kappa shape index (κ3) is 6.08. The molecule has 0 heterocycles. The van der Waals surface area contributed by atoms with Gasteiger partial charge in [-0.2, -0.15) is 0 Å². The van der Waals surface area contributed by atoms with Crippen LogP contribution in [-0.2, 0) is 0 Å². The fourth-order valence-electron chi connectivity index (χ4n) is 1.15. The topological polar surface area (TPSA) is 0 Å². The summed E-state index contributed by atoms with van der Waals surface area (Å²) in [5.74, 6) is 0. The molecule has 0 nitrogen and oxygen atoms in total. The van der Waals surface area contributed by atoms with Gasteiger partial charge in [-0.05, 0) is 6.04 Å². The monoisotopic (exact) mass is 156 g/mol. The van der Waals surface area contributed by atoms with E-state index < -0.39 is 0 Å². The fraction of sp³-hybridized carbons (Fsp3) is 0.778. The molecule has 10 heavy (non-hydrogen) atoms. The highest BCUT2D eigenvalue weighted by molar-refractivity contribution is 6.57. The summed E-state index contributed by atoms with van der Waals surface area (Å²) < 4.78 is 0. The van der Waals surface area contributed by atoms with Gasteiger partial charge in [0.05, 0.1) is 0 Å². The molecule has 0 amide bonds. The largest absolute Gasteiger partial charge is 0.103 e. The lowest BCUT2D eigenvalue weighted by molar-refractivity contribution is 0.765. The summed E-state index contributed by atoms with van der Waals surface area (Å²) in [4.78, 5) is 0. The zero-order chi connectivity index (χ0) is 7.82. The quantitative estimate of drug-likeness (QED) is 0.315. The summed E-state index contributed by atoms with van der Waals surface area (Å²) in [5, 5.41) is 0. The molecule has 60 valence electrons. The Hall–Kier alpha value is -0.0431. The molecular weight excluding hydrogens is 136 g/mol. The molecule has 0 aliphatic rings. The van der Waals surface area contributed by atoms with Crippen molar-refractivity contribution in [3.05, 3.63) is 12.7 Å². The van der Waals surface area contributed by atoms with Gasteiger partial charge in [0.2, 0.25) is 0 Å². The second kappa shape index (κ2) is 7.07. The molecule has 0 saturated carbocycles. The molecule has 0 N–H and O–H groups in total. The summed E-state index contributed by atoms with van der Waals surface area (Å²) in [5.41, 5.74) is 0. The number of unbranched alkanes of at least 4 members (excludes halogenated alkanes) is 2. The van der Waals surface area contributed by atoms with Gasteiger partial charge < -0.3 is 0 Å². The van der Waals surface area contributed by atoms with Gasteiger partial charge in [-0.25, -0.2) is 0 Å². The van der Waals surface area contributed by atoms with Gasteiger partial charge in [-0.15, -0.1) is 6.58 Å². The SMILES string of the molecule is C=CC[SiH](C)CCCCC. The first-order valence-corrected chi connectivity index (χ1v) is 7.21. The van der Waals surface area contributed by atoms with E-state index in [1.165, 1.54) is 31.4 Å². The van der Waals surface area contributed by atoms with Gasteiger partial charge in [0.25, 0.3) is 0 Å². The van der Waals surface area contributed by atoms with E-state index in [0.29, 0.717) is 0 Å². The van der Waals surface area contributed by atoms with E-state index in [1.807, 2.05) is 0 Å². The zero-order valence-corrected chi connectivity index (χ0v) is 8.55. The molecule has 0 aromatic carbocycles. The summed E-state index contributed by atoms with van der Waals surface area (Å²) in [7, 11) is -0.352. The van der Waals surface area contributed by atoms with Crippen molar-refractivity contribution in [2.45, 2.75) is 44.8 Å². The van der Waals surface area contributed by atoms with Crippen molar-refractivity contribution in [3.63, 3.8) is 0 Å². The Morgan fingerprint density at radius 2 is 2.10 bits per heavy atom. The summed E-state index contributed by atoms with van der Waals surface area (Å²) in [6.45, 7) is 8.47. The lowest BCUT2D eigenvalue weighted by atomic mass is 10.3. The molecule has 0 aromatic heterocycles. The van der Waals surface area contributed by atoms with E-state index in [-0.39, 0.29) is 8.80 Å². The van der Waals surface area contributed by atoms with Gasteiger partial charge in [-0.1, -0.05) is 44.9 Å². The molecule has 0 bridgehead atoms. The van der Waals surface area contributed by atoms with Crippen LogP contribution in [0, 0.1) is 0 Å². The molecule has 0 saturated heterocycles. The maximum absolute atomic E-state index is 3.76. The normalized spacial score (nSPS) is 13.0. The summed E-state index contributed by atoms with van der Waals surface area (Å²) >= 11 is 0. The second-order valence-corrected chi connectivity index (χ2v) is 6.38. The maximum Gasteiger partial charge on any atom is 0.0375 e. The Kier molecular flexibility index (Phi) is 7.04. The second-order valence-electron chi connectivity index (χ2n) is 3.13. The Bertz CT molecular complexity index is 78.8. The fourth-order valence-corrected chi connectivity index (χ4v) is 2.94. The van der Waals surface area contributed by atoms with Crippen molar-refractivity contribution >= 4 is 8.80 Å². The predicted molar refractivity (Wildman–Crippen MR) is 52.3 cm³/mol. The average Bonchev–Trinajstić information content (AvgIpc) is 1.89. The molecule has 0 aliphatic heterocycles. The Morgan fingerprint density at radius 3 is 2.60 bits per heavy atom. The third-order valence-corrected chi connectivity index (χ3v) is 4.40. The first kappa shape index (κ1) is 9.96. The van der Waals surface area contributed by atoms with Crippen molar-refractivity contribution in [1.29, 1.82) is 0 Å². The van der Waals surface area contributed by atoms with E-state index in [1.54, 1.807) is 0 Å². The minimum atomic E-state index is -0.352. The van der Waals surface area contributed by atoms with E-state index in [0.717, 1.165) is 0 Å². The predicted octanol–water partition coefficient (Wildman–Crippen LogP) is 3.22. The smallest absolute Gasteiger partial charge is 0.0375 e. The zero-order valence-electron chi connectivity index (χ0n) is 7.40. The molecule has 1 heteroatoms. The summed E-state index contributed by atoms with van der Waals surface area (Å²) in [6.07, 6.45) is 6.32. The molecular formula is C9H20Si. The van der Waals surface area contributed by atoms with Crippen molar-refractivity contribution in [1.82, 2.24) is 0 Å². The minimum Gasteiger partial charge on any atom is -0.103 e. The molecule has 0 spiro atoms. The number of allylic oxidation sites excluding steroid dienone is 1. The lowest BCUT2D eigenvalue weighted by Gasteiger charge is -2.04. The molecule has 1 atom stereocenters. The van der Waals surface area contributed by atoms with Gasteiger partial charge in [0.15, 0.2) is 0 Å². The Morgan fingerprint density at radius 1 is 1.40 bits per heavy atom. The first-order chi connectivity index (χ1) is 4.81. The highest BCUT2D eigenvalue weighted by Gasteiger charge is 1.99. The van der Waals surface area contributed by atoms with Crippen molar-refractivity contribution in [3.8, 4) is 0 Å². The van der Waals surface area contributed by atoms with E-state index in [4.69, 9.17) is 0 Å². The van der Waals surface area contributed by atoms with Gasteiger partial charge in [-0.3, -0.25) is 0 Å². The van der Waals surface area contributed by atoms with Crippen LogP contribution in [0.5, 0.6) is 0 Å². The van der Waals surface area contributed by atoms with Crippen LogP contribution < -0.4 is 0 Å². The van der Waals surface area contributed by atoms with Crippen LogP contribution in [0.1, 0.15) is 26.2 Å². The molecule has 0 aromatic rings. The minimum absolute atomic E-state index is 0.352. The van der Waals surface area contributed by atoms with Gasteiger partial charge in [0.1, 0.15) is 0 Å². The Labute approximate surface area is 66.9 Å². The van der Waals surface area contributed by atoms with Gasteiger partial charge in [0, 0.05) is 8.80 Å². The summed E-state index contributed by atoms with van der Waals surface area (Å²) in [6, 6.07) is 2.84. The molecule has 1 unspecified atom stereocenters. The average molecular weight is 156 g/mol.